The zero-order chi connectivity index (χ0) is 12.5. The number of hydrogen-bond donors (Lipinski definition) is 0. The maximum Gasteiger partial charge on any atom is 0.309 e. The first kappa shape index (κ1) is 12.8. The average molecular weight is 231 g/mol. The third-order valence-electron chi connectivity index (χ3n) is 2.09. The molecule has 17 heavy (non-hydrogen) atoms. The monoisotopic (exact) mass is 231 g/mol. The van der Waals surface area contributed by atoms with Gasteiger partial charge in [0.05, 0.1) is 13.5 Å². The fraction of sp³-hybridized carbons (Fsp3) is 0.250. The summed E-state index contributed by atoms with van der Waals surface area (Å²) in [6.45, 7) is 0.317. The van der Waals surface area contributed by atoms with Crippen LogP contribution in [0.25, 0.3) is 16.5 Å². The number of nitrogens with zero attached hydrogens (tertiary/aromatic N) is 3. The summed E-state index contributed by atoms with van der Waals surface area (Å²) >= 11 is 0. The van der Waals surface area contributed by atoms with Crippen LogP contribution in [0.1, 0.15) is 11.1 Å². The highest BCUT2D eigenvalue weighted by atomic mass is 16.5. The molecule has 0 unspecified atom stereocenters. The minimum Gasteiger partial charge on any atom is -0.469 e. The van der Waals surface area contributed by atoms with E-state index in [4.69, 9.17) is 5.53 Å². The Balaban J connectivity index is 2.68. The topological polar surface area (TPSA) is 75.1 Å². The van der Waals surface area contributed by atoms with E-state index in [1.807, 2.05) is 30.3 Å². The number of rotatable bonds is 5. The van der Waals surface area contributed by atoms with E-state index in [2.05, 4.69) is 14.8 Å². The first-order valence-corrected chi connectivity index (χ1v) is 5.09. The van der Waals surface area contributed by atoms with Crippen LogP contribution >= 0.6 is 0 Å². The van der Waals surface area contributed by atoms with E-state index in [0.29, 0.717) is 6.54 Å². The lowest BCUT2D eigenvalue weighted by atomic mass is 10.1. The predicted octanol–water partition coefficient (Wildman–Crippen LogP) is 2.73. The second kappa shape index (κ2) is 7.09. The summed E-state index contributed by atoms with van der Waals surface area (Å²) in [5.74, 6) is -0.264. The summed E-state index contributed by atoms with van der Waals surface area (Å²) in [5, 5.41) is 3.39. The van der Waals surface area contributed by atoms with Gasteiger partial charge in [0, 0.05) is 11.5 Å². The van der Waals surface area contributed by atoms with Gasteiger partial charge in [0.2, 0.25) is 0 Å². The van der Waals surface area contributed by atoms with E-state index in [1.165, 1.54) is 7.11 Å². The second-order valence-corrected chi connectivity index (χ2v) is 3.31. The normalized spacial score (nSPS) is 9.94. The summed E-state index contributed by atoms with van der Waals surface area (Å²) in [5.41, 5.74) is 9.96. The Labute approximate surface area is 99.3 Å². The first-order valence-electron chi connectivity index (χ1n) is 5.09. The van der Waals surface area contributed by atoms with Crippen LogP contribution in [0.15, 0.2) is 35.5 Å². The summed E-state index contributed by atoms with van der Waals surface area (Å²) in [6.07, 6.45) is 3.86. The van der Waals surface area contributed by atoms with E-state index in [1.54, 1.807) is 6.08 Å². The molecule has 0 aliphatic rings. The zero-order valence-electron chi connectivity index (χ0n) is 9.54. The summed E-state index contributed by atoms with van der Waals surface area (Å²) in [6, 6.07) is 7.53. The number of carbonyl (C=O) groups is 1. The summed E-state index contributed by atoms with van der Waals surface area (Å²) < 4.78 is 4.59. The number of hydrogen-bond acceptors (Lipinski definition) is 3. The molecule has 0 aliphatic carbocycles. The van der Waals surface area contributed by atoms with E-state index >= 15 is 0 Å². The van der Waals surface area contributed by atoms with Gasteiger partial charge in [-0.15, -0.1) is 0 Å². The average Bonchev–Trinajstić information content (AvgIpc) is 2.35. The summed E-state index contributed by atoms with van der Waals surface area (Å²) in [4.78, 5) is 13.7. The minimum absolute atomic E-state index is 0.258. The van der Waals surface area contributed by atoms with E-state index in [9.17, 15) is 4.79 Å². The Hall–Kier alpha value is -2.26. The van der Waals surface area contributed by atoms with Crippen molar-refractivity contribution in [3.63, 3.8) is 0 Å². The molecule has 1 rings (SSSR count). The molecule has 0 fully saturated rings. The lowest BCUT2D eigenvalue weighted by molar-refractivity contribution is -0.139. The molecule has 0 aromatic heterocycles. The van der Waals surface area contributed by atoms with Gasteiger partial charge >= 0.3 is 5.97 Å². The van der Waals surface area contributed by atoms with Gasteiger partial charge in [-0.05, 0) is 16.7 Å². The second-order valence-electron chi connectivity index (χ2n) is 3.31. The molecule has 5 nitrogen and oxygen atoms in total. The van der Waals surface area contributed by atoms with Crippen molar-refractivity contribution in [2.45, 2.75) is 6.42 Å². The molecule has 0 spiro atoms. The fourth-order valence-electron chi connectivity index (χ4n) is 1.32. The van der Waals surface area contributed by atoms with Crippen molar-refractivity contribution in [3.05, 3.63) is 51.9 Å². The molecule has 1 aromatic rings. The summed E-state index contributed by atoms with van der Waals surface area (Å²) in [7, 11) is 1.37. The Morgan fingerprint density at radius 3 is 3.12 bits per heavy atom. The van der Waals surface area contributed by atoms with Crippen molar-refractivity contribution in [2.24, 2.45) is 5.11 Å². The first-order chi connectivity index (χ1) is 8.26. The third kappa shape index (κ3) is 4.86. The van der Waals surface area contributed by atoms with Crippen molar-refractivity contribution in [3.8, 4) is 0 Å². The quantitative estimate of drug-likeness (QED) is 0.338. The molecule has 88 valence electrons. The van der Waals surface area contributed by atoms with Crippen LogP contribution in [0.4, 0.5) is 0 Å². The smallest absolute Gasteiger partial charge is 0.309 e. The van der Waals surface area contributed by atoms with E-state index in [0.717, 1.165) is 11.1 Å². The van der Waals surface area contributed by atoms with Crippen LogP contribution in [0.3, 0.4) is 0 Å². The molecule has 0 radical (unpaired) electrons. The molecule has 1 aromatic carbocycles. The van der Waals surface area contributed by atoms with Crippen molar-refractivity contribution in [2.75, 3.05) is 13.7 Å². The van der Waals surface area contributed by atoms with Crippen LogP contribution in [-0.4, -0.2) is 19.6 Å². The number of carbonyl (C=O) groups excluding carboxylic acids is 1. The molecule has 0 heterocycles. The molecular weight excluding hydrogens is 218 g/mol. The SMILES string of the molecule is COC(=O)Cc1cccc(C=CCN=[N+]=[N-])c1. The molecule has 0 bridgehead atoms. The van der Waals surface area contributed by atoms with Crippen molar-refractivity contribution >= 4 is 12.0 Å². The van der Waals surface area contributed by atoms with Gasteiger partial charge in [-0.2, -0.15) is 0 Å². The molecular formula is C12H13N3O2. The van der Waals surface area contributed by atoms with Crippen LogP contribution < -0.4 is 0 Å². The van der Waals surface area contributed by atoms with Crippen molar-refractivity contribution < 1.29 is 9.53 Å². The van der Waals surface area contributed by atoms with Gasteiger partial charge in [0.15, 0.2) is 0 Å². The Morgan fingerprint density at radius 1 is 1.59 bits per heavy atom. The van der Waals surface area contributed by atoms with Gasteiger partial charge in [-0.3, -0.25) is 4.79 Å². The number of benzene rings is 1. The maximum atomic E-state index is 11.1. The van der Waals surface area contributed by atoms with Crippen LogP contribution in [0.5, 0.6) is 0 Å². The minimum atomic E-state index is -0.264. The zero-order valence-corrected chi connectivity index (χ0v) is 9.54. The molecule has 0 N–H and O–H groups in total. The van der Waals surface area contributed by atoms with Gasteiger partial charge in [0.25, 0.3) is 0 Å². The Morgan fingerprint density at radius 2 is 2.41 bits per heavy atom. The Kier molecular flexibility index (Phi) is 5.34. The molecule has 0 aliphatic heterocycles. The molecule has 0 atom stereocenters. The highest BCUT2D eigenvalue weighted by Gasteiger charge is 2.02. The maximum absolute atomic E-state index is 11.1. The number of methoxy groups -OCH3 is 1. The van der Waals surface area contributed by atoms with Gasteiger partial charge in [-0.1, -0.05) is 41.5 Å². The van der Waals surface area contributed by atoms with Crippen LogP contribution in [-0.2, 0) is 16.0 Å². The molecule has 5 heteroatoms. The largest absolute Gasteiger partial charge is 0.469 e. The standard InChI is InChI=1S/C12H13N3O2/c1-17-12(16)9-11-5-2-4-10(8-11)6-3-7-14-15-13/h2-6,8H,7,9H2,1H3. The van der Waals surface area contributed by atoms with Gasteiger partial charge in [0.1, 0.15) is 0 Å². The molecule has 0 saturated carbocycles. The lowest BCUT2D eigenvalue weighted by Crippen LogP contribution is -2.04. The van der Waals surface area contributed by atoms with Crippen molar-refractivity contribution in [1.82, 2.24) is 0 Å². The van der Waals surface area contributed by atoms with E-state index < -0.39 is 0 Å². The highest BCUT2D eigenvalue weighted by molar-refractivity contribution is 5.72. The molecule has 0 amide bonds. The van der Waals surface area contributed by atoms with Crippen LogP contribution in [0, 0.1) is 0 Å². The fourth-order valence-corrected chi connectivity index (χ4v) is 1.32. The van der Waals surface area contributed by atoms with Gasteiger partial charge in [-0.25, -0.2) is 0 Å². The van der Waals surface area contributed by atoms with E-state index in [-0.39, 0.29) is 12.4 Å². The number of azide groups is 1. The van der Waals surface area contributed by atoms with Gasteiger partial charge < -0.3 is 4.74 Å². The predicted molar refractivity (Wildman–Crippen MR) is 65.2 cm³/mol. The van der Waals surface area contributed by atoms with Crippen LogP contribution in [0.2, 0.25) is 0 Å². The number of ether oxygens (including phenoxy) is 1. The van der Waals surface area contributed by atoms with Crippen molar-refractivity contribution in [1.29, 1.82) is 0 Å². The number of esters is 1. The highest BCUT2D eigenvalue weighted by Crippen LogP contribution is 2.08. The Bertz CT molecular complexity index is 463. The lowest BCUT2D eigenvalue weighted by Gasteiger charge is -2.01. The third-order valence-corrected chi connectivity index (χ3v) is 2.09. The molecule has 0 saturated heterocycles.